The van der Waals surface area contributed by atoms with Gasteiger partial charge in [0, 0.05) is 12.5 Å². The molecule has 33 heavy (non-hydrogen) atoms. The van der Waals surface area contributed by atoms with Gasteiger partial charge in [-0.3, -0.25) is 4.79 Å². The van der Waals surface area contributed by atoms with Crippen LogP contribution in [0.25, 0.3) is 0 Å². The van der Waals surface area contributed by atoms with Gasteiger partial charge in [0.2, 0.25) is 5.91 Å². The van der Waals surface area contributed by atoms with Crippen LogP contribution in [0.3, 0.4) is 0 Å². The van der Waals surface area contributed by atoms with E-state index >= 15 is 0 Å². The lowest BCUT2D eigenvalue weighted by molar-refractivity contribution is -0.121. The number of nitrogens with one attached hydrogen (secondary N) is 1. The zero-order valence-corrected chi connectivity index (χ0v) is 21.6. The quantitative estimate of drug-likeness (QED) is 0.177. The number of unbranched alkanes of at least 4 members (excludes halogenated alkanes) is 14. The highest BCUT2D eigenvalue weighted by molar-refractivity contribution is 5.76. The minimum absolute atomic E-state index is 0.222. The third-order valence-electron chi connectivity index (χ3n) is 6.73. The Hall–Kier alpha value is -1.51. The summed E-state index contributed by atoms with van der Waals surface area (Å²) < 4.78 is 5.95. The van der Waals surface area contributed by atoms with E-state index in [1.807, 2.05) is 0 Å². The maximum atomic E-state index is 11.7. The van der Waals surface area contributed by atoms with E-state index in [4.69, 9.17) is 4.74 Å². The van der Waals surface area contributed by atoms with Crippen molar-refractivity contribution in [1.82, 2.24) is 5.32 Å². The number of rotatable bonds is 22. The molecular formula is C30H51NO2. The molecule has 1 fully saturated rings. The monoisotopic (exact) mass is 457 g/mol. The van der Waals surface area contributed by atoms with Crippen LogP contribution in [0.4, 0.5) is 0 Å². The molecule has 0 saturated heterocycles. The Morgan fingerprint density at radius 3 is 2.06 bits per heavy atom. The molecule has 0 aliphatic heterocycles. The van der Waals surface area contributed by atoms with Crippen LogP contribution in [0.15, 0.2) is 24.3 Å². The van der Waals surface area contributed by atoms with Crippen molar-refractivity contribution in [1.29, 1.82) is 0 Å². The molecule has 1 amide bonds. The summed E-state index contributed by atoms with van der Waals surface area (Å²) >= 11 is 0. The summed E-state index contributed by atoms with van der Waals surface area (Å²) in [5.41, 5.74) is 1.40. The topological polar surface area (TPSA) is 38.3 Å². The fraction of sp³-hybridized carbons (Fsp3) is 0.767. The fourth-order valence-electron chi connectivity index (χ4n) is 4.42. The molecule has 3 heteroatoms. The van der Waals surface area contributed by atoms with Crippen LogP contribution in [0.2, 0.25) is 0 Å². The summed E-state index contributed by atoms with van der Waals surface area (Å²) in [5, 5.41) is 3.05. The second kappa shape index (κ2) is 18.9. The Morgan fingerprint density at radius 2 is 1.42 bits per heavy atom. The van der Waals surface area contributed by atoms with E-state index in [0.29, 0.717) is 12.5 Å². The van der Waals surface area contributed by atoms with Gasteiger partial charge in [-0.1, -0.05) is 96.1 Å². The summed E-state index contributed by atoms with van der Waals surface area (Å²) in [6.07, 6.45) is 25.4. The van der Waals surface area contributed by atoms with E-state index in [1.165, 1.54) is 89.0 Å². The fourth-order valence-corrected chi connectivity index (χ4v) is 4.42. The van der Waals surface area contributed by atoms with Crippen molar-refractivity contribution in [2.24, 2.45) is 0 Å². The Balaban J connectivity index is 1.38. The third-order valence-corrected chi connectivity index (χ3v) is 6.73. The Morgan fingerprint density at radius 1 is 0.818 bits per heavy atom. The maximum Gasteiger partial charge on any atom is 0.220 e. The highest BCUT2D eigenvalue weighted by atomic mass is 16.5. The normalized spacial score (nSPS) is 13.2. The smallest absolute Gasteiger partial charge is 0.220 e. The van der Waals surface area contributed by atoms with Crippen LogP contribution < -0.4 is 10.1 Å². The second-order valence-corrected chi connectivity index (χ2v) is 10.1. The van der Waals surface area contributed by atoms with E-state index < -0.39 is 0 Å². The standard InChI is InChI=1S/C30H51NO2/c1-2-3-4-5-6-7-8-9-10-11-12-13-15-19-27-20-18-21-29(26-27)33-25-17-14-16-22-30(32)31-28-23-24-28/h18,20-21,26,28H,2-17,19,22-25H2,1H3,(H,31,32). The van der Waals surface area contributed by atoms with Gasteiger partial charge in [0.25, 0.3) is 0 Å². The number of carbonyl (C=O) groups is 1. The van der Waals surface area contributed by atoms with Crippen LogP contribution in [-0.4, -0.2) is 18.6 Å². The summed E-state index contributed by atoms with van der Waals surface area (Å²) in [6, 6.07) is 9.11. The lowest BCUT2D eigenvalue weighted by Gasteiger charge is -2.08. The van der Waals surface area contributed by atoms with E-state index in [2.05, 4.69) is 36.5 Å². The molecule has 1 aromatic rings. The summed E-state index contributed by atoms with van der Waals surface area (Å²) in [5.74, 6) is 1.22. The van der Waals surface area contributed by atoms with Gasteiger partial charge in [0.1, 0.15) is 5.75 Å². The molecule has 1 saturated carbocycles. The molecule has 0 aromatic heterocycles. The lowest BCUT2D eigenvalue weighted by atomic mass is 10.0. The van der Waals surface area contributed by atoms with E-state index in [1.54, 1.807) is 0 Å². The molecule has 0 heterocycles. The minimum Gasteiger partial charge on any atom is -0.494 e. The van der Waals surface area contributed by atoms with Crippen molar-refractivity contribution in [2.75, 3.05) is 6.61 Å². The number of aryl methyl sites for hydroxylation is 1. The van der Waals surface area contributed by atoms with Gasteiger partial charge in [-0.05, 0) is 62.6 Å². The van der Waals surface area contributed by atoms with Gasteiger partial charge in [0.15, 0.2) is 0 Å². The van der Waals surface area contributed by atoms with E-state index in [9.17, 15) is 4.79 Å². The zero-order valence-electron chi connectivity index (χ0n) is 21.6. The van der Waals surface area contributed by atoms with Crippen LogP contribution in [-0.2, 0) is 11.2 Å². The Labute approximate surface area is 204 Å². The first-order chi connectivity index (χ1) is 16.3. The first kappa shape index (κ1) is 27.7. The number of hydrogen-bond donors (Lipinski definition) is 1. The SMILES string of the molecule is CCCCCCCCCCCCCCCc1cccc(OCCCCCC(=O)NC2CC2)c1. The molecule has 0 unspecified atom stereocenters. The predicted molar refractivity (Wildman–Crippen MR) is 141 cm³/mol. The summed E-state index contributed by atoms with van der Waals surface area (Å²) in [6.45, 7) is 3.03. The molecule has 3 nitrogen and oxygen atoms in total. The van der Waals surface area contributed by atoms with E-state index in [-0.39, 0.29) is 5.91 Å². The Kier molecular flexibility index (Phi) is 15.9. The van der Waals surface area contributed by atoms with Gasteiger partial charge in [-0.15, -0.1) is 0 Å². The van der Waals surface area contributed by atoms with Crippen molar-refractivity contribution in [3.63, 3.8) is 0 Å². The summed E-state index contributed by atoms with van der Waals surface area (Å²) in [7, 11) is 0. The summed E-state index contributed by atoms with van der Waals surface area (Å²) in [4.78, 5) is 11.7. The number of amides is 1. The van der Waals surface area contributed by atoms with Crippen LogP contribution >= 0.6 is 0 Å². The molecule has 1 aliphatic carbocycles. The molecule has 2 rings (SSSR count). The molecule has 0 bridgehead atoms. The first-order valence-corrected chi connectivity index (χ1v) is 14.3. The van der Waals surface area contributed by atoms with Gasteiger partial charge in [0.05, 0.1) is 6.61 Å². The zero-order chi connectivity index (χ0) is 23.4. The number of ether oxygens (including phenoxy) is 1. The van der Waals surface area contributed by atoms with Crippen molar-refractivity contribution in [2.45, 2.75) is 141 Å². The molecule has 0 radical (unpaired) electrons. The number of benzene rings is 1. The molecule has 1 aliphatic rings. The van der Waals surface area contributed by atoms with Gasteiger partial charge in [-0.2, -0.15) is 0 Å². The van der Waals surface area contributed by atoms with E-state index in [0.717, 1.165) is 50.9 Å². The molecule has 1 N–H and O–H groups in total. The lowest BCUT2D eigenvalue weighted by Crippen LogP contribution is -2.24. The molecule has 188 valence electrons. The van der Waals surface area contributed by atoms with Crippen LogP contribution in [0.5, 0.6) is 5.75 Å². The average Bonchev–Trinajstić information content (AvgIpc) is 3.63. The number of carbonyl (C=O) groups excluding carboxylic acids is 1. The highest BCUT2D eigenvalue weighted by Gasteiger charge is 2.22. The van der Waals surface area contributed by atoms with Crippen molar-refractivity contribution < 1.29 is 9.53 Å². The van der Waals surface area contributed by atoms with Crippen molar-refractivity contribution in [3.8, 4) is 5.75 Å². The number of hydrogen-bond acceptors (Lipinski definition) is 2. The van der Waals surface area contributed by atoms with Crippen molar-refractivity contribution >= 4 is 5.91 Å². The molecular weight excluding hydrogens is 406 g/mol. The average molecular weight is 458 g/mol. The predicted octanol–water partition coefficient (Wildman–Crippen LogP) is 8.54. The second-order valence-electron chi connectivity index (χ2n) is 10.1. The van der Waals surface area contributed by atoms with Crippen LogP contribution in [0.1, 0.15) is 134 Å². The largest absolute Gasteiger partial charge is 0.494 e. The third kappa shape index (κ3) is 15.9. The van der Waals surface area contributed by atoms with Crippen molar-refractivity contribution in [3.05, 3.63) is 29.8 Å². The van der Waals surface area contributed by atoms with Gasteiger partial charge in [-0.25, -0.2) is 0 Å². The maximum absolute atomic E-state index is 11.7. The van der Waals surface area contributed by atoms with Crippen LogP contribution in [0, 0.1) is 0 Å². The minimum atomic E-state index is 0.222. The first-order valence-electron chi connectivity index (χ1n) is 14.3. The highest BCUT2D eigenvalue weighted by Crippen LogP contribution is 2.19. The van der Waals surface area contributed by atoms with Gasteiger partial charge >= 0.3 is 0 Å². The molecule has 1 aromatic carbocycles. The molecule has 0 atom stereocenters. The molecule has 0 spiro atoms. The van der Waals surface area contributed by atoms with Gasteiger partial charge < -0.3 is 10.1 Å². The Bertz CT molecular complexity index is 611.